The summed E-state index contributed by atoms with van der Waals surface area (Å²) in [6.07, 6.45) is 1.33. The number of carboxylic acids is 1. The highest BCUT2D eigenvalue weighted by atomic mass is 79.9. The molecule has 6 heteroatoms. The van der Waals surface area contributed by atoms with Crippen LogP contribution in [0.25, 0.3) is 6.08 Å². The Labute approximate surface area is 98.5 Å². The van der Waals surface area contributed by atoms with Gasteiger partial charge in [-0.05, 0) is 34.1 Å². The van der Waals surface area contributed by atoms with Crippen LogP contribution in [0.4, 0.5) is 0 Å². The van der Waals surface area contributed by atoms with E-state index in [1.165, 1.54) is 17.4 Å². The van der Waals surface area contributed by atoms with E-state index in [-0.39, 0.29) is 12.1 Å². The van der Waals surface area contributed by atoms with Crippen LogP contribution in [0, 0.1) is 0 Å². The summed E-state index contributed by atoms with van der Waals surface area (Å²) in [4.78, 5) is 22.6. The van der Waals surface area contributed by atoms with E-state index in [9.17, 15) is 9.59 Å². The van der Waals surface area contributed by atoms with Crippen LogP contribution in [0.2, 0.25) is 0 Å². The molecule has 1 rings (SSSR count). The van der Waals surface area contributed by atoms with Gasteiger partial charge in [0.1, 0.15) is 5.57 Å². The first-order chi connectivity index (χ1) is 7.04. The Balaban J connectivity index is 3.04. The molecule has 80 valence electrons. The van der Waals surface area contributed by atoms with Crippen LogP contribution < -0.4 is 5.73 Å². The molecule has 0 saturated heterocycles. The molecule has 0 radical (unpaired) electrons. The fourth-order valence-corrected chi connectivity index (χ4v) is 2.29. The SMILES string of the molecule is NCC(=O)/C(=C/c1ccc(Br)s1)C(=O)O. The fraction of sp³-hybridized carbons (Fsp3) is 0.111. The zero-order valence-electron chi connectivity index (χ0n) is 7.57. The Hall–Kier alpha value is -0.980. The van der Waals surface area contributed by atoms with E-state index in [4.69, 9.17) is 10.8 Å². The number of hydrogen-bond donors (Lipinski definition) is 2. The van der Waals surface area contributed by atoms with Crippen molar-refractivity contribution < 1.29 is 14.7 Å². The number of nitrogens with two attached hydrogens (primary N) is 1. The Morgan fingerprint density at radius 2 is 2.20 bits per heavy atom. The number of carbonyl (C=O) groups excluding carboxylic acids is 1. The minimum Gasteiger partial charge on any atom is -0.478 e. The quantitative estimate of drug-likeness (QED) is 0.500. The monoisotopic (exact) mass is 289 g/mol. The molecule has 1 heterocycles. The predicted octanol–water partition coefficient (Wildman–Crippen LogP) is 1.51. The first-order valence-corrected chi connectivity index (χ1v) is 5.59. The van der Waals surface area contributed by atoms with Crippen molar-refractivity contribution in [3.05, 3.63) is 26.4 Å². The van der Waals surface area contributed by atoms with Gasteiger partial charge in [0.25, 0.3) is 0 Å². The molecule has 0 aliphatic heterocycles. The lowest BCUT2D eigenvalue weighted by atomic mass is 10.1. The van der Waals surface area contributed by atoms with E-state index in [1.807, 2.05) is 0 Å². The van der Waals surface area contributed by atoms with Gasteiger partial charge in [-0.15, -0.1) is 11.3 Å². The van der Waals surface area contributed by atoms with Gasteiger partial charge in [-0.3, -0.25) is 4.79 Å². The second-order valence-corrected chi connectivity index (χ2v) is 5.13. The molecule has 0 spiro atoms. The van der Waals surface area contributed by atoms with Crippen molar-refractivity contribution in [2.75, 3.05) is 6.54 Å². The zero-order valence-corrected chi connectivity index (χ0v) is 9.97. The van der Waals surface area contributed by atoms with Crippen LogP contribution in [-0.2, 0) is 9.59 Å². The van der Waals surface area contributed by atoms with Crippen molar-refractivity contribution in [3.63, 3.8) is 0 Å². The number of ketones is 1. The third-order valence-corrected chi connectivity index (χ3v) is 3.17. The van der Waals surface area contributed by atoms with Gasteiger partial charge >= 0.3 is 5.97 Å². The molecule has 0 atom stereocenters. The average molecular weight is 290 g/mol. The van der Waals surface area contributed by atoms with Gasteiger partial charge in [0.2, 0.25) is 0 Å². The van der Waals surface area contributed by atoms with Crippen LogP contribution in [0.5, 0.6) is 0 Å². The Kier molecular flexibility index (Phi) is 4.19. The number of rotatable bonds is 4. The van der Waals surface area contributed by atoms with Crippen molar-refractivity contribution in [3.8, 4) is 0 Å². The maximum Gasteiger partial charge on any atom is 0.339 e. The lowest BCUT2D eigenvalue weighted by Gasteiger charge is -1.97. The van der Waals surface area contributed by atoms with Crippen LogP contribution in [0.3, 0.4) is 0 Å². The number of halogens is 1. The summed E-state index contributed by atoms with van der Waals surface area (Å²) in [5.74, 6) is -1.83. The first-order valence-electron chi connectivity index (χ1n) is 3.98. The van der Waals surface area contributed by atoms with Crippen molar-refractivity contribution >= 4 is 45.1 Å². The number of thiophene rings is 1. The molecule has 0 unspecified atom stereocenters. The van der Waals surface area contributed by atoms with Gasteiger partial charge in [0.05, 0.1) is 10.3 Å². The van der Waals surface area contributed by atoms with Crippen LogP contribution in [-0.4, -0.2) is 23.4 Å². The Morgan fingerprint density at radius 3 is 2.60 bits per heavy atom. The summed E-state index contributed by atoms with van der Waals surface area (Å²) in [6.45, 7) is -0.301. The van der Waals surface area contributed by atoms with Crippen molar-refractivity contribution in [2.24, 2.45) is 5.73 Å². The third-order valence-electron chi connectivity index (χ3n) is 1.60. The summed E-state index contributed by atoms with van der Waals surface area (Å²) < 4.78 is 0.874. The highest BCUT2D eigenvalue weighted by Gasteiger charge is 2.15. The van der Waals surface area contributed by atoms with Gasteiger partial charge < -0.3 is 10.8 Å². The zero-order chi connectivity index (χ0) is 11.4. The van der Waals surface area contributed by atoms with E-state index in [0.717, 1.165) is 3.79 Å². The number of carboxylic acid groups (broad SMARTS) is 1. The minimum absolute atomic E-state index is 0.285. The van der Waals surface area contributed by atoms with Crippen LogP contribution in [0.1, 0.15) is 4.88 Å². The van der Waals surface area contributed by atoms with Gasteiger partial charge in [-0.2, -0.15) is 0 Å². The number of Topliss-reactive ketones (excluding diaryl/α,β-unsaturated/α-hetero) is 1. The number of carbonyl (C=O) groups is 2. The van der Waals surface area contributed by atoms with Gasteiger partial charge in [0.15, 0.2) is 5.78 Å². The minimum atomic E-state index is -1.25. The number of hydrogen-bond acceptors (Lipinski definition) is 4. The lowest BCUT2D eigenvalue weighted by Crippen LogP contribution is -2.20. The van der Waals surface area contributed by atoms with E-state index >= 15 is 0 Å². The molecule has 3 N–H and O–H groups in total. The molecule has 4 nitrogen and oxygen atoms in total. The summed E-state index contributed by atoms with van der Waals surface area (Å²) >= 11 is 4.59. The van der Waals surface area contributed by atoms with Crippen molar-refractivity contribution in [1.82, 2.24) is 0 Å². The maximum atomic E-state index is 11.2. The number of aliphatic carboxylic acids is 1. The molecule has 0 saturated carbocycles. The molecule has 0 aliphatic rings. The molecular formula is C9H8BrNO3S. The Morgan fingerprint density at radius 1 is 1.53 bits per heavy atom. The van der Waals surface area contributed by atoms with E-state index in [1.54, 1.807) is 12.1 Å². The van der Waals surface area contributed by atoms with Gasteiger partial charge in [-0.25, -0.2) is 4.79 Å². The predicted molar refractivity (Wildman–Crippen MR) is 61.7 cm³/mol. The summed E-state index contributed by atoms with van der Waals surface area (Å²) in [7, 11) is 0. The van der Waals surface area contributed by atoms with E-state index in [0.29, 0.717) is 4.88 Å². The highest BCUT2D eigenvalue weighted by Crippen LogP contribution is 2.24. The molecule has 15 heavy (non-hydrogen) atoms. The van der Waals surface area contributed by atoms with Gasteiger partial charge in [-0.1, -0.05) is 0 Å². The standard InChI is InChI=1S/C9H8BrNO3S/c10-8-2-1-5(15-8)3-6(9(13)14)7(12)4-11/h1-3H,4,11H2,(H,13,14)/b6-3-. The molecule has 1 aromatic heterocycles. The maximum absolute atomic E-state index is 11.2. The van der Waals surface area contributed by atoms with Gasteiger partial charge in [0, 0.05) is 4.88 Å². The molecular weight excluding hydrogens is 282 g/mol. The van der Waals surface area contributed by atoms with Crippen LogP contribution in [0.15, 0.2) is 21.5 Å². The molecule has 0 bridgehead atoms. The van der Waals surface area contributed by atoms with E-state index < -0.39 is 11.8 Å². The third kappa shape index (κ3) is 3.26. The molecule has 0 fully saturated rings. The fourth-order valence-electron chi connectivity index (χ4n) is 0.920. The lowest BCUT2D eigenvalue weighted by molar-refractivity contribution is -0.134. The van der Waals surface area contributed by atoms with Crippen molar-refractivity contribution in [2.45, 2.75) is 0 Å². The molecule has 0 aliphatic carbocycles. The topological polar surface area (TPSA) is 80.4 Å². The average Bonchev–Trinajstić information content (AvgIpc) is 2.59. The largest absolute Gasteiger partial charge is 0.478 e. The Bertz CT molecular complexity index is 425. The smallest absolute Gasteiger partial charge is 0.339 e. The normalized spacial score (nSPS) is 11.5. The second-order valence-electron chi connectivity index (χ2n) is 2.63. The molecule has 0 amide bonds. The summed E-state index contributed by atoms with van der Waals surface area (Å²) in [5, 5.41) is 8.79. The van der Waals surface area contributed by atoms with Crippen molar-refractivity contribution in [1.29, 1.82) is 0 Å². The summed E-state index contributed by atoms with van der Waals surface area (Å²) in [5.41, 5.74) is 4.82. The first kappa shape index (κ1) is 12.1. The highest BCUT2D eigenvalue weighted by molar-refractivity contribution is 9.11. The van der Waals surface area contributed by atoms with Crippen LogP contribution >= 0.6 is 27.3 Å². The van der Waals surface area contributed by atoms with E-state index in [2.05, 4.69) is 15.9 Å². The summed E-state index contributed by atoms with van der Waals surface area (Å²) in [6, 6.07) is 3.50. The molecule has 0 aromatic carbocycles. The molecule has 1 aromatic rings. The second kappa shape index (κ2) is 5.20.